The molecule has 0 bridgehead atoms. The van der Waals surface area contributed by atoms with E-state index in [9.17, 15) is 4.79 Å². The Kier molecular flexibility index (Phi) is 4.19. The summed E-state index contributed by atoms with van der Waals surface area (Å²) in [5.74, 6) is -0.922. The predicted octanol–water partition coefficient (Wildman–Crippen LogP) is 3.25. The van der Waals surface area contributed by atoms with Crippen molar-refractivity contribution >= 4 is 5.97 Å². The number of nitrogens with zero attached hydrogens (tertiary/aromatic N) is 3. The number of rotatable bonds is 5. The predicted molar refractivity (Wildman–Crippen MR) is 87.3 cm³/mol. The molecular weight excluding hydrogens is 290 g/mol. The summed E-state index contributed by atoms with van der Waals surface area (Å²) < 4.78 is 1.82. The van der Waals surface area contributed by atoms with Crippen molar-refractivity contribution in [2.24, 2.45) is 0 Å². The van der Waals surface area contributed by atoms with Gasteiger partial charge in [-0.15, -0.1) is 5.10 Å². The van der Waals surface area contributed by atoms with Crippen LogP contribution in [0.15, 0.2) is 54.7 Å². The monoisotopic (exact) mass is 307 g/mol. The first kappa shape index (κ1) is 15.0. The lowest BCUT2D eigenvalue weighted by atomic mass is 10.1. The van der Waals surface area contributed by atoms with E-state index in [1.807, 2.05) is 4.68 Å². The highest BCUT2D eigenvalue weighted by molar-refractivity contribution is 5.87. The molecule has 0 aliphatic carbocycles. The minimum atomic E-state index is -0.922. The molecule has 1 N–H and O–H groups in total. The van der Waals surface area contributed by atoms with Crippen molar-refractivity contribution in [1.82, 2.24) is 15.0 Å². The number of aryl methyl sites for hydroxylation is 1. The fourth-order valence-corrected chi connectivity index (χ4v) is 2.43. The van der Waals surface area contributed by atoms with Crippen LogP contribution in [0.2, 0.25) is 0 Å². The van der Waals surface area contributed by atoms with Gasteiger partial charge in [0.15, 0.2) is 0 Å². The van der Waals surface area contributed by atoms with Crippen molar-refractivity contribution in [3.63, 3.8) is 0 Å². The van der Waals surface area contributed by atoms with E-state index in [2.05, 4.69) is 41.5 Å². The number of aromatic nitrogens is 3. The van der Waals surface area contributed by atoms with Crippen LogP contribution in [0.5, 0.6) is 0 Å². The van der Waals surface area contributed by atoms with Crippen LogP contribution in [0.25, 0.3) is 11.3 Å². The van der Waals surface area contributed by atoms with Gasteiger partial charge >= 0.3 is 5.97 Å². The van der Waals surface area contributed by atoms with Crippen LogP contribution in [-0.2, 0) is 13.0 Å². The van der Waals surface area contributed by atoms with Gasteiger partial charge in [0.1, 0.15) is 0 Å². The lowest BCUT2D eigenvalue weighted by Crippen LogP contribution is -2.05. The number of aromatic carboxylic acids is 1. The molecule has 5 heteroatoms. The van der Waals surface area contributed by atoms with Gasteiger partial charge in [-0.25, -0.2) is 9.48 Å². The first-order valence-electron chi connectivity index (χ1n) is 7.47. The molecule has 3 aromatic rings. The molecule has 116 valence electrons. The first-order chi connectivity index (χ1) is 11.2. The number of carboxylic acids is 1. The molecule has 1 aromatic heterocycles. The summed E-state index contributed by atoms with van der Waals surface area (Å²) in [6.07, 6.45) is 2.75. The molecule has 0 aliphatic rings. The Balaban J connectivity index is 1.84. The summed E-state index contributed by atoms with van der Waals surface area (Å²) in [7, 11) is 0. The molecular formula is C18H17N3O2. The van der Waals surface area contributed by atoms with Crippen molar-refractivity contribution in [2.75, 3.05) is 0 Å². The molecule has 0 fully saturated rings. The summed E-state index contributed by atoms with van der Waals surface area (Å²) in [5.41, 5.74) is 4.55. The Morgan fingerprint density at radius 2 is 1.70 bits per heavy atom. The number of carboxylic acid groups (broad SMARTS) is 1. The van der Waals surface area contributed by atoms with E-state index in [0.717, 1.165) is 23.2 Å². The lowest BCUT2D eigenvalue weighted by Gasteiger charge is -2.07. The third kappa shape index (κ3) is 3.29. The van der Waals surface area contributed by atoms with Gasteiger partial charge < -0.3 is 5.11 Å². The molecule has 23 heavy (non-hydrogen) atoms. The molecule has 0 radical (unpaired) electrons. The zero-order chi connectivity index (χ0) is 16.2. The molecule has 1 heterocycles. The van der Waals surface area contributed by atoms with Crippen LogP contribution in [0, 0.1) is 0 Å². The third-order valence-corrected chi connectivity index (χ3v) is 3.81. The largest absolute Gasteiger partial charge is 0.478 e. The molecule has 0 aliphatic heterocycles. The maximum atomic E-state index is 10.9. The average Bonchev–Trinajstić information content (AvgIpc) is 3.03. The molecule has 0 spiro atoms. The van der Waals surface area contributed by atoms with Crippen LogP contribution >= 0.6 is 0 Å². The molecule has 2 aromatic carbocycles. The van der Waals surface area contributed by atoms with Crippen molar-refractivity contribution in [3.8, 4) is 11.3 Å². The minimum absolute atomic E-state index is 0.280. The van der Waals surface area contributed by atoms with Crippen molar-refractivity contribution in [1.29, 1.82) is 0 Å². The van der Waals surface area contributed by atoms with Crippen LogP contribution in [-0.4, -0.2) is 26.1 Å². The Hall–Kier alpha value is -2.95. The fraction of sp³-hybridized carbons (Fsp3) is 0.167. The molecule has 0 saturated heterocycles. The van der Waals surface area contributed by atoms with Crippen LogP contribution in [0.3, 0.4) is 0 Å². The van der Waals surface area contributed by atoms with E-state index in [0.29, 0.717) is 6.54 Å². The van der Waals surface area contributed by atoms with Crippen molar-refractivity contribution < 1.29 is 9.90 Å². The quantitative estimate of drug-likeness (QED) is 0.785. The Morgan fingerprint density at radius 1 is 1.04 bits per heavy atom. The maximum absolute atomic E-state index is 10.9. The smallest absolute Gasteiger partial charge is 0.335 e. The van der Waals surface area contributed by atoms with E-state index in [4.69, 9.17) is 5.11 Å². The minimum Gasteiger partial charge on any atom is -0.478 e. The number of hydrogen-bond donors (Lipinski definition) is 1. The molecule has 5 nitrogen and oxygen atoms in total. The average molecular weight is 307 g/mol. The highest BCUT2D eigenvalue weighted by Crippen LogP contribution is 2.20. The molecule has 0 saturated carbocycles. The second-order valence-electron chi connectivity index (χ2n) is 5.33. The number of benzene rings is 2. The van der Waals surface area contributed by atoms with Gasteiger partial charge in [-0.1, -0.05) is 48.5 Å². The number of hydrogen-bond acceptors (Lipinski definition) is 3. The van der Waals surface area contributed by atoms with Gasteiger partial charge in [-0.05, 0) is 29.7 Å². The molecule has 0 unspecified atom stereocenters. The maximum Gasteiger partial charge on any atom is 0.335 e. The van der Waals surface area contributed by atoms with E-state index in [1.54, 1.807) is 30.5 Å². The highest BCUT2D eigenvalue weighted by atomic mass is 16.4. The first-order valence-corrected chi connectivity index (χ1v) is 7.47. The van der Waals surface area contributed by atoms with E-state index in [-0.39, 0.29) is 5.56 Å². The standard InChI is InChI=1S/C18H17N3O2/c1-2-13-3-7-15(8-4-13)17-11-19-20-21(17)12-14-5-9-16(10-6-14)18(22)23/h3-11H,2,12H2,1H3,(H,22,23). The third-order valence-electron chi connectivity index (χ3n) is 3.81. The van der Waals surface area contributed by atoms with Crippen LogP contribution in [0.4, 0.5) is 0 Å². The molecule has 0 atom stereocenters. The Morgan fingerprint density at radius 3 is 2.30 bits per heavy atom. The molecule has 3 rings (SSSR count). The second-order valence-corrected chi connectivity index (χ2v) is 5.33. The highest BCUT2D eigenvalue weighted by Gasteiger charge is 2.08. The van der Waals surface area contributed by atoms with E-state index >= 15 is 0 Å². The van der Waals surface area contributed by atoms with Crippen LogP contribution in [0.1, 0.15) is 28.4 Å². The summed E-state index contributed by atoms with van der Waals surface area (Å²) in [5, 5.41) is 17.1. The lowest BCUT2D eigenvalue weighted by molar-refractivity contribution is 0.0697. The second kappa shape index (κ2) is 6.44. The zero-order valence-electron chi connectivity index (χ0n) is 12.8. The van der Waals surface area contributed by atoms with E-state index < -0.39 is 5.97 Å². The topological polar surface area (TPSA) is 68.0 Å². The van der Waals surface area contributed by atoms with Crippen molar-refractivity contribution in [2.45, 2.75) is 19.9 Å². The summed E-state index contributed by atoms with van der Waals surface area (Å²) in [6, 6.07) is 15.2. The molecule has 0 amide bonds. The summed E-state index contributed by atoms with van der Waals surface area (Å²) in [4.78, 5) is 10.9. The number of carbonyl (C=O) groups is 1. The summed E-state index contributed by atoms with van der Waals surface area (Å²) >= 11 is 0. The van der Waals surface area contributed by atoms with Gasteiger partial charge in [-0.2, -0.15) is 0 Å². The summed E-state index contributed by atoms with van der Waals surface area (Å²) in [6.45, 7) is 2.67. The Labute approximate surface area is 134 Å². The van der Waals surface area contributed by atoms with Gasteiger partial charge in [0.25, 0.3) is 0 Å². The van der Waals surface area contributed by atoms with Crippen molar-refractivity contribution in [3.05, 3.63) is 71.4 Å². The normalized spacial score (nSPS) is 10.7. The van der Waals surface area contributed by atoms with Gasteiger partial charge in [0.2, 0.25) is 0 Å². The fourth-order valence-electron chi connectivity index (χ4n) is 2.43. The van der Waals surface area contributed by atoms with Gasteiger partial charge in [-0.3, -0.25) is 0 Å². The van der Waals surface area contributed by atoms with E-state index in [1.165, 1.54) is 5.56 Å². The zero-order valence-corrected chi connectivity index (χ0v) is 12.8. The SMILES string of the molecule is CCc1ccc(-c2cnnn2Cc2ccc(C(=O)O)cc2)cc1. The van der Waals surface area contributed by atoms with Crippen LogP contribution < -0.4 is 0 Å². The van der Waals surface area contributed by atoms with Gasteiger partial charge in [0, 0.05) is 5.56 Å². The van der Waals surface area contributed by atoms with Gasteiger partial charge in [0.05, 0.1) is 24.0 Å². The Bertz CT molecular complexity index is 805.